The van der Waals surface area contributed by atoms with Crippen molar-refractivity contribution in [2.45, 2.75) is 13.5 Å². The van der Waals surface area contributed by atoms with E-state index in [1.54, 1.807) is 0 Å². The molecule has 0 atom stereocenters. The first-order valence-corrected chi connectivity index (χ1v) is 6.20. The lowest BCUT2D eigenvalue weighted by Crippen LogP contribution is -2.39. The normalized spacial score (nSPS) is 11.4. The Morgan fingerprint density at radius 2 is 2.00 bits per heavy atom. The lowest BCUT2D eigenvalue weighted by molar-refractivity contribution is 0.365. The zero-order chi connectivity index (χ0) is 15.3. The summed E-state index contributed by atoms with van der Waals surface area (Å²) in [5.74, 6) is -0.584. The summed E-state index contributed by atoms with van der Waals surface area (Å²) in [6.07, 6.45) is 0. The van der Waals surface area contributed by atoms with E-state index in [0.29, 0.717) is 0 Å². The largest absolute Gasteiger partial charge is 0.519 e. The van der Waals surface area contributed by atoms with Gasteiger partial charge in [-0.05, 0) is 18.5 Å². The monoisotopic (exact) mass is 312 g/mol. The molecule has 0 aliphatic rings. The average molecular weight is 313 g/mol. The van der Waals surface area contributed by atoms with Crippen LogP contribution >= 0.6 is 11.6 Å². The molecule has 21 heavy (non-hydrogen) atoms. The Morgan fingerprint density at radius 3 is 2.62 bits per heavy atom. The van der Waals surface area contributed by atoms with E-state index in [1.165, 1.54) is 18.5 Å². The topological polar surface area (TPSA) is 116 Å². The minimum atomic E-state index is -0.891. The van der Waals surface area contributed by atoms with Crippen molar-refractivity contribution in [3.63, 3.8) is 0 Å². The molecule has 0 aliphatic heterocycles. The number of aromatic amines is 1. The average Bonchev–Trinajstić information content (AvgIpc) is 2.95. The standard InChI is InChI=1S/C11H9ClN4O5/c1-4-5(21-11(19)20-4)3-16-8(17)6-7(14-9(12)13-6)15(2)10(16)18/h3H2,1-2H3,(H,13,14). The predicted octanol–water partition coefficient (Wildman–Crippen LogP) is -0.0204. The summed E-state index contributed by atoms with van der Waals surface area (Å²) in [5.41, 5.74) is -0.989. The van der Waals surface area contributed by atoms with Crippen molar-refractivity contribution in [3.8, 4) is 0 Å². The zero-order valence-electron chi connectivity index (χ0n) is 11.0. The minimum Gasteiger partial charge on any atom is -0.396 e. The molecule has 0 unspecified atom stereocenters. The number of nitrogens with zero attached hydrogens (tertiary/aromatic N) is 3. The van der Waals surface area contributed by atoms with Crippen LogP contribution in [0.1, 0.15) is 11.5 Å². The van der Waals surface area contributed by atoms with Gasteiger partial charge in [0.25, 0.3) is 5.56 Å². The molecular weight excluding hydrogens is 304 g/mol. The van der Waals surface area contributed by atoms with Gasteiger partial charge < -0.3 is 13.8 Å². The van der Waals surface area contributed by atoms with E-state index < -0.39 is 17.1 Å². The second-order valence-electron chi connectivity index (χ2n) is 4.39. The minimum absolute atomic E-state index is 0.000809. The molecule has 3 aromatic heterocycles. The van der Waals surface area contributed by atoms with E-state index in [9.17, 15) is 14.4 Å². The van der Waals surface area contributed by atoms with Crippen LogP contribution in [0.2, 0.25) is 5.28 Å². The zero-order valence-corrected chi connectivity index (χ0v) is 11.7. The first kappa shape index (κ1) is 13.4. The summed E-state index contributed by atoms with van der Waals surface area (Å²) < 4.78 is 11.6. The predicted molar refractivity (Wildman–Crippen MR) is 71.7 cm³/mol. The lowest BCUT2D eigenvalue weighted by atomic mass is 10.4. The number of fused-ring (bicyclic) bond motifs is 1. The highest BCUT2D eigenvalue weighted by Gasteiger charge is 2.17. The molecule has 0 saturated heterocycles. The van der Waals surface area contributed by atoms with Gasteiger partial charge in [0.05, 0.1) is 6.54 Å². The number of aromatic nitrogens is 4. The third kappa shape index (κ3) is 2.02. The van der Waals surface area contributed by atoms with Crippen molar-refractivity contribution in [1.29, 1.82) is 0 Å². The van der Waals surface area contributed by atoms with Gasteiger partial charge in [-0.3, -0.25) is 13.9 Å². The van der Waals surface area contributed by atoms with Crippen molar-refractivity contribution in [1.82, 2.24) is 19.1 Å². The number of halogens is 1. The maximum absolute atomic E-state index is 12.3. The lowest BCUT2D eigenvalue weighted by Gasteiger charge is -2.05. The number of imidazole rings is 1. The number of aryl methyl sites for hydroxylation is 2. The maximum Gasteiger partial charge on any atom is 0.519 e. The Bertz CT molecular complexity index is 1020. The molecule has 0 radical (unpaired) electrons. The van der Waals surface area contributed by atoms with Crippen molar-refractivity contribution in [2.24, 2.45) is 7.05 Å². The first-order chi connectivity index (χ1) is 9.88. The number of rotatable bonds is 2. The highest BCUT2D eigenvalue weighted by molar-refractivity contribution is 6.28. The van der Waals surface area contributed by atoms with Gasteiger partial charge in [-0.15, -0.1) is 0 Å². The van der Waals surface area contributed by atoms with Crippen LogP contribution in [0.5, 0.6) is 0 Å². The molecule has 10 heteroatoms. The molecule has 0 aromatic carbocycles. The second kappa shape index (κ2) is 4.48. The summed E-state index contributed by atoms with van der Waals surface area (Å²) in [6.45, 7) is 1.27. The first-order valence-electron chi connectivity index (χ1n) is 5.83. The van der Waals surface area contributed by atoms with E-state index in [-0.39, 0.29) is 34.5 Å². The Morgan fingerprint density at radius 1 is 1.29 bits per heavy atom. The van der Waals surface area contributed by atoms with Crippen LogP contribution in [0, 0.1) is 6.92 Å². The van der Waals surface area contributed by atoms with Gasteiger partial charge in [0.15, 0.2) is 16.9 Å². The Kier molecular flexibility index (Phi) is 2.87. The molecule has 9 nitrogen and oxygen atoms in total. The SMILES string of the molecule is Cc1oc(=O)oc1Cn1c(=O)c2[nH]c(Cl)nc2n(C)c1=O. The van der Waals surface area contributed by atoms with Gasteiger partial charge in [-0.25, -0.2) is 9.59 Å². The Hall–Kier alpha value is -2.55. The summed E-state index contributed by atoms with van der Waals surface area (Å²) in [4.78, 5) is 42.0. The van der Waals surface area contributed by atoms with E-state index in [1.807, 2.05) is 0 Å². The highest BCUT2D eigenvalue weighted by Crippen LogP contribution is 2.09. The Balaban J connectivity index is 2.28. The van der Waals surface area contributed by atoms with Gasteiger partial charge in [0, 0.05) is 7.05 Å². The summed E-state index contributed by atoms with van der Waals surface area (Å²) in [7, 11) is 1.45. The van der Waals surface area contributed by atoms with Gasteiger partial charge in [0.2, 0.25) is 5.28 Å². The molecule has 3 rings (SSSR count). The smallest absolute Gasteiger partial charge is 0.396 e. The van der Waals surface area contributed by atoms with E-state index in [2.05, 4.69) is 9.97 Å². The Labute approximate surface area is 120 Å². The van der Waals surface area contributed by atoms with Gasteiger partial charge in [-0.2, -0.15) is 4.98 Å². The number of H-pyrrole nitrogens is 1. The van der Waals surface area contributed by atoms with Gasteiger partial charge in [0.1, 0.15) is 5.76 Å². The molecule has 0 fully saturated rings. The fraction of sp³-hybridized carbons (Fsp3) is 0.273. The third-order valence-electron chi connectivity index (χ3n) is 3.09. The number of hydrogen-bond acceptors (Lipinski definition) is 6. The molecule has 0 bridgehead atoms. The molecule has 110 valence electrons. The van der Waals surface area contributed by atoms with Gasteiger partial charge >= 0.3 is 11.5 Å². The quantitative estimate of drug-likeness (QED) is 0.665. The van der Waals surface area contributed by atoms with Crippen LogP contribution in [-0.2, 0) is 13.6 Å². The summed E-state index contributed by atoms with van der Waals surface area (Å²) in [5, 5.41) is 0.000809. The molecule has 3 heterocycles. The van der Waals surface area contributed by atoms with E-state index in [4.69, 9.17) is 20.4 Å². The fourth-order valence-electron chi connectivity index (χ4n) is 2.02. The van der Waals surface area contributed by atoms with Crippen LogP contribution < -0.4 is 17.1 Å². The molecule has 0 amide bonds. The third-order valence-corrected chi connectivity index (χ3v) is 3.27. The van der Waals surface area contributed by atoms with Crippen LogP contribution in [-0.4, -0.2) is 19.1 Å². The number of nitrogens with one attached hydrogen (secondary N) is 1. The molecular formula is C11H9ClN4O5. The van der Waals surface area contributed by atoms with Crippen LogP contribution in [0.15, 0.2) is 23.2 Å². The fourth-order valence-corrected chi connectivity index (χ4v) is 2.20. The van der Waals surface area contributed by atoms with Crippen LogP contribution in [0.25, 0.3) is 11.2 Å². The van der Waals surface area contributed by atoms with Crippen molar-refractivity contribution >= 4 is 22.8 Å². The molecule has 3 aromatic rings. The molecule has 0 aliphatic carbocycles. The van der Waals surface area contributed by atoms with E-state index in [0.717, 1.165) is 4.57 Å². The summed E-state index contributed by atoms with van der Waals surface area (Å²) in [6, 6.07) is 0. The van der Waals surface area contributed by atoms with Crippen molar-refractivity contribution in [2.75, 3.05) is 0 Å². The molecule has 0 spiro atoms. The van der Waals surface area contributed by atoms with Crippen molar-refractivity contribution in [3.05, 3.63) is 48.3 Å². The van der Waals surface area contributed by atoms with Crippen molar-refractivity contribution < 1.29 is 8.83 Å². The number of hydrogen-bond donors (Lipinski definition) is 1. The highest BCUT2D eigenvalue weighted by atomic mass is 35.5. The summed E-state index contributed by atoms with van der Waals surface area (Å²) >= 11 is 5.72. The van der Waals surface area contributed by atoms with Gasteiger partial charge in [-0.1, -0.05) is 0 Å². The van der Waals surface area contributed by atoms with E-state index >= 15 is 0 Å². The van der Waals surface area contributed by atoms with Crippen LogP contribution in [0.3, 0.4) is 0 Å². The second-order valence-corrected chi connectivity index (χ2v) is 4.75. The molecule has 1 N–H and O–H groups in total. The molecule has 0 saturated carbocycles. The van der Waals surface area contributed by atoms with Crippen LogP contribution in [0.4, 0.5) is 0 Å². The maximum atomic E-state index is 12.3.